The maximum absolute atomic E-state index is 12.9. The summed E-state index contributed by atoms with van der Waals surface area (Å²) >= 11 is 0. The van der Waals surface area contributed by atoms with Gasteiger partial charge in [0.1, 0.15) is 13.2 Å². The van der Waals surface area contributed by atoms with E-state index in [-0.39, 0.29) is 31.1 Å². The van der Waals surface area contributed by atoms with E-state index in [1.54, 1.807) is 0 Å². The molecule has 0 aliphatic rings. The van der Waals surface area contributed by atoms with Crippen molar-refractivity contribution in [1.29, 1.82) is 0 Å². The van der Waals surface area contributed by atoms with Gasteiger partial charge in [-0.05, 0) is 77.0 Å². The Morgan fingerprint density at radius 3 is 0.986 bits per heavy atom. The smallest absolute Gasteiger partial charge is 0.306 e. The number of unbranched alkanes of at least 4 members (excludes halogenated alkanes) is 33. The lowest BCUT2D eigenvalue weighted by atomic mass is 10.0. The van der Waals surface area contributed by atoms with E-state index in [0.717, 1.165) is 103 Å². The Labute approximate surface area is 433 Å². The lowest BCUT2D eigenvalue weighted by molar-refractivity contribution is -0.167. The van der Waals surface area contributed by atoms with Crippen molar-refractivity contribution in [2.24, 2.45) is 0 Å². The van der Waals surface area contributed by atoms with Crippen molar-refractivity contribution in [2.75, 3.05) is 13.2 Å². The van der Waals surface area contributed by atoms with Crippen LogP contribution in [-0.4, -0.2) is 37.2 Å². The summed E-state index contributed by atoms with van der Waals surface area (Å²) in [7, 11) is 0. The molecule has 0 N–H and O–H groups in total. The molecule has 0 saturated carbocycles. The number of ether oxygens (including phenoxy) is 3. The van der Waals surface area contributed by atoms with Gasteiger partial charge in [0.05, 0.1) is 0 Å². The fourth-order valence-electron chi connectivity index (χ4n) is 8.52. The minimum atomic E-state index is -0.788. The first-order valence-electron chi connectivity index (χ1n) is 30.0. The third-order valence-corrected chi connectivity index (χ3v) is 13.0. The molecule has 0 amide bonds. The van der Waals surface area contributed by atoms with Crippen LogP contribution >= 0.6 is 0 Å². The highest BCUT2D eigenvalue weighted by molar-refractivity contribution is 5.71. The second kappa shape index (κ2) is 58.4. The first-order valence-corrected chi connectivity index (χ1v) is 30.0. The van der Waals surface area contributed by atoms with Crippen molar-refractivity contribution in [2.45, 2.75) is 303 Å². The zero-order valence-electron chi connectivity index (χ0n) is 46.3. The molecule has 404 valence electrons. The average Bonchev–Trinajstić information content (AvgIpc) is 3.36. The van der Waals surface area contributed by atoms with E-state index in [9.17, 15) is 14.4 Å². The third kappa shape index (κ3) is 55.8. The van der Waals surface area contributed by atoms with E-state index in [1.807, 2.05) is 0 Å². The molecule has 0 aromatic heterocycles. The predicted molar refractivity (Wildman–Crippen MR) is 302 cm³/mol. The molecule has 0 spiro atoms. The van der Waals surface area contributed by atoms with Gasteiger partial charge in [0.15, 0.2) is 6.10 Å². The Morgan fingerprint density at radius 2 is 0.614 bits per heavy atom. The lowest BCUT2D eigenvalue weighted by Gasteiger charge is -2.18. The van der Waals surface area contributed by atoms with Crippen molar-refractivity contribution >= 4 is 17.9 Å². The van der Waals surface area contributed by atoms with Crippen molar-refractivity contribution in [3.63, 3.8) is 0 Å². The molecule has 0 rings (SSSR count). The van der Waals surface area contributed by atoms with Gasteiger partial charge in [-0.2, -0.15) is 0 Å². The quantitative estimate of drug-likeness (QED) is 0.0199. The number of allylic oxidation sites excluding steroid dienone is 12. The zero-order valence-corrected chi connectivity index (χ0v) is 46.3. The molecule has 0 bridgehead atoms. The Kier molecular flexibility index (Phi) is 55.8. The van der Waals surface area contributed by atoms with Gasteiger partial charge < -0.3 is 14.2 Å². The molecule has 0 aliphatic carbocycles. The molecule has 0 heterocycles. The van der Waals surface area contributed by atoms with Crippen LogP contribution in [0.2, 0.25) is 0 Å². The fraction of sp³-hybridized carbons (Fsp3) is 0.766. The van der Waals surface area contributed by atoms with Crippen LogP contribution in [0.15, 0.2) is 72.9 Å². The molecule has 70 heavy (non-hydrogen) atoms. The van der Waals surface area contributed by atoms with Crippen LogP contribution in [0.4, 0.5) is 0 Å². The SMILES string of the molecule is CC/C=C\C/C=C\C/C=C\CCCCCCCCCCCC(=O)OCC(COC(=O)CCCCCCCCCCCCCCCCC)OC(=O)CCCCCCC\C=C/C=C\C=C/CCCCCCC. The standard InChI is InChI=1S/C64H112O6/c1-4-7-10-13-16-19-22-25-28-30-32-34-36-39-42-45-48-51-54-57-63(66)69-60-61(59-68-62(65)56-53-50-47-44-41-38-35-27-24-21-18-15-12-9-6-3)70-64(67)58-55-52-49-46-43-40-37-33-31-29-26-23-20-17-14-11-8-5-2/h7,10,16,19,23,25-26,28-29,31,33,37,61H,4-6,8-9,11-15,17-18,20-22,24,27,30,32,34-36,38-60H2,1-3H3/b10-7-,19-16-,26-23-,28-25-,31-29-,37-33-. The highest BCUT2D eigenvalue weighted by Crippen LogP contribution is 2.16. The second-order valence-corrected chi connectivity index (χ2v) is 19.9. The van der Waals surface area contributed by atoms with E-state index in [1.165, 1.54) is 154 Å². The van der Waals surface area contributed by atoms with Crippen molar-refractivity contribution in [3.8, 4) is 0 Å². The molecule has 6 heteroatoms. The summed E-state index contributed by atoms with van der Waals surface area (Å²) in [6.07, 6.45) is 74.6. The zero-order chi connectivity index (χ0) is 50.7. The van der Waals surface area contributed by atoms with Crippen LogP contribution in [0.1, 0.15) is 297 Å². The molecule has 0 saturated heterocycles. The van der Waals surface area contributed by atoms with Crippen LogP contribution in [0.25, 0.3) is 0 Å². The molecule has 0 aromatic carbocycles. The highest BCUT2D eigenvalue weighted by Gasteiger charge is 2.19. The number of carbonyl (C=O) groups excluding carboxylic acids is 3. The summed E-state index contributed by atoms with van der Waals surface area (Å²) in [4.78, 5) is 38.2. The summed E-state index contributed by atoms with van der Waals surface area (Å²) in [6.45, 7) is 6.52. The number of hydrogen-bond acceptors (Lipinski definition) is 6. The first kappa shape index (κ1) is 66.9. The monoisotopic (exact) mass is 977 g/mol. The van der Waals surface area contributed by atoms with E-state index < -0.39 is 6.10 Å². The number of carbonyl (C=O) groups is 3. The van der Waals surface area contributed by atoms with Gasteiger partial charge in [0.25, 0.3) is 0 Å². The molecule has 0 aliphatic heterocycles. The Balaban J connectivity index is 4.41. The molecule has 6 nitrogen and oxygen atoms in total. The molecular formula is C64H112O6. The second-order valence-electron chi connectivity index (χ2n) is 19.9. The minimum Gasteiger partial charge on any atom is -0.462 e. The largest absolute Gasteiger partial charge is 0.462 e. The lowest BCUT2D eigenvalue weighted by Crippen LogP contribution is -2.30. The van der Waals surface area contributed by atoms with Crippen LogP contribution in [0.3, 0.4) is 0 Å². The van der Waals surface area contributed by atoms with Gasteiger partial charge in [0, 0.05) is 19.3 Å². The molecule has 1 unspecified atom stereocenters. The number of rotatable bonds is 54. The molecular weight excluding hydrogens is 865 g/mol. The van der Waals surface area contributed by atoms with E-state index in [0.29, 0.717) is 19.3 Å². The Morgan fingerprint density at radius 1 is 0.314 bits per heavy atom. The summed E-state index contributed by atoms with van der Waals surface area (Å²) < 4.78 is 16.9. The summed E-state index contributed by atoms with van der Waals surface area (Å²) in [6, 6.07) is 0. The summed E-state index contributed by atoms with van der Waals surface area (Å²) in [5, 5.41) is 0. The molecule has 1 atom stereocenters. The van der Waals surface area contributed by atoms with E-state index in [4.69, 9.17) is 14.2 Å². The van der Waals surface area contributed by atoms with E-state index in [2.05, 4.69) is 93.7 Å². The van der Waals surface area contributed by atoms with Gasteiger partial charge in [-0.3, -0.25) is 14.4 Å². The van der Waals surface area contributed by atoms with Gasteiger partial charge >= 0.3 is 17.9 Å². The summed E-state index contributed by atoms with van der Waals surface area (Å²) in [5.41, 5.74) is 0. The van der Waals surface area contributed by atoms with Crippen LogP contribution in [-0.2, 0) is 28.6 Å². The summed E-state index contributed by atoms with van der Waals surface area (Å²) in [5.74, 6) is -0.896. The van der Waals surface area contributed by atoms with Crippen LogP contribution < -0.4 is 0 Å². The molecule has 0 radical (unpaired) electrons. The van der Waals surface area contributed by atoms with Gasteiger partial charge in [-0.15, -0.1) is 0 Å². The normalized spacial score (nSPS) is 12.6. The predicted octanol–water partition coefficient (Wildman–Crippen LogP) is 20.2. The maximum atomic E-state index is 12.9. The first-order chi connectivity index (χ1) is 34.5. The molecule has 0 fully saturated rings. The maximum Gasteiger partial charge on any atom is 0.306 e. The number of hydrogen-bond donors (Lipinski definition) is 0. The fourth-order valence-corrected chi connectivity index (χ4v) is 8.52. The average molecular weight is 978 g/mol. The van der Waals surface area contributed by atoms with Gasteiger partial charge in [-0.25, -0.2) is 0 Å². The highest BCUT2D eigenvalue weighted by atomic mass is 16.6. The van der Waals surface area contributed by atoms with Crippen molar-refractivity contribution in [3.05, 3.63) is 72.9 Å². The minimum absolute atomic E-state index is 0.0829. The van der Waals surface area contributed by atoms with Crippen LogP contribution in [0, 0.1) is 0 Å². The number of esters is 3. The van der Waals surface area contributed by atoms with Gasteiger partial charge in [-0.1, -0.05) is 273 Å². The third-order valence-electron chi connectivity index (χ3n) is 13.0. The Bertz CT molecular complexity index is 1310. The molecule has 0 aromatic rings. The Hall–Kier alpha value is -3.15. The van der Waals surface area contributed by atoms with Gasteiger partial charge in [0.2, 0.25) is 0 Å². The van der Waals surface area contributed by atoms with Crippen LogP contribution in [0.5, 0.6) is 0 Å². The van der Waals surface area contributed by atoms with E-state index >= 15 is 0 Å². The van der Waals surface area contributed by atoms with Crippen molar-refractivity contribution < 1.29 is 28.6 Å². The topological polar surface area (TPSA) is 78.9 Å². The van der Waals surface area contributed by atoms with Crippen molar-refractivity contribution in [1.82, 2.24) is 0 Å².